The number of guanidine groups is 1. The highest BCUT2D eigenvalue weighted by atomic mass is 16.2. The first-order chi connectivity index (χ1) is 34.8. The first kappa shape index (κ1) is 63.6. The van der Waals surface area contributed by atoms with Crippen molar-refractivity contribution in [3.63, 3.8) is 0 Å². The Morgan fingerprint density at radius 1 is 0.554 bits per heavy atom. The molecule has 2 fully saturated rings. The molecule has 14 N–H and O–H groups in total. The molecule has 11 amide bonds. The number of nitrogens with one attached hydrogen (secondary N) is 8. The van der Waals surface area contributed by atoms with Crippen LogP contribution in [-0.4, -0.2) is 162 Å². The monoisotopic (exact) mass is 1050 g/mol. The molecular formula is C49H86N14O11. The van der Waals surface area contributed by atoms with Crippen molar-refractivity contribution < 1.29 is 52.7 Å². The van der Waals surface area contributed by atoms with E-state index in [0.717, 1.165) is 19.3 Å². The summed E-state index contributed by atoms with van der Waals surface area (Å²) in [6, 6.07) is -7.44. The summed E-state index contributed by atoms with van der Waals surface area (Å²) in [5.41, 5.74) is 16.2. The lowest BCUT2D eigenvalue weighted by Gasteiger charge is -2.28. The molecule has 2 aliphatic rings. The van der Waals surface area contributed by atoms with E-state index in [9.17, 15) is 52.7 Å². The van der Waals surface area contributed by atoms with Gasteiger partial charge in [0.1, 0.15) is 48.3 Å². The zero-order chi connectivity index (χ0) is 55.7. The molecule has 25 nitrogen and oxygen atoms in total. The number of carbonyl (C=O) groups excluding carboxylic acids is 11. The number of hydrogen-bond donors (Lipinski definition) is 11. The van der Waals surface area contributed by atoms with Crippen LogP contribution in [0.2, 0.25) is 0 Å². The SMILES string of the molecule is CC(=O)N[C@@H](CCCN=C(N)N)C(=O)N1CCC[C@H]1C(=O)NCCCCCCCC(=O)N[C@@H](CC(C)C)C(=O)N[C@@H](C)C(=O)N[C@@H](C)C(=O)N[C@@H](C)C(=O)NCC(=O)N1CCC[C@H]1C(=O)N[C@@H](CC(C)C)C(N)=O. The molecule has 2 aliphatic heterocycles. The van der Waals surface area contributed by atoms with Crippen molar-refractivity contribution in [2.75, 3.05) is 32.7 Å². The van der Waals surface area contributed by atoms with Crippen molar-refractivity contribution in [2.45, 2.75) is 194 Å². The summed E-state index contributed by atoms with van der Waals surface area (Å²) in [7, 11) is 0. The number of aliphatic imine (C=N–C) groups is 1. The molecule has 2 saturated heterocycles. The summed E-state index contributed by atoms with van der Waals surface area (Å²) in [4.78, 5) is 148. The van der Waals surface area contributed by atoms with E-state index in [1.807, 2.05) is 27.7 Å². The fraction of sp³-hybridized carbons (Fsp3) is 0.755. The van der Waals surface area contributed by atoms with Gasteiger partial charge in [-0.2, -0.15) is 0 Å². The highest BCUT2D eigenvalue weighted by molar-refractivity contribution is 5.97. The molecule has 0 bridgehead atoms. The van der Waals surface area contributed by atoms with E-state index in [2.05, 4.69) is 47.5 Å². The van der Waals surface area contributed by atoms with E-state index >= 15 is 0 Å². The molecule has 418 valence electrons. The minimum absolute atomic E-state index is 0.0168. The molecule has 0 aromatic rings. The molecule has 25 heteroatoms. The Labute approximate surface area is 435 Å². The molecule has 0 aromatic heterocycles. The third-order valence-corrected chi connectivity index (χ3v) is 12.6. The van der Waals surface area contributed by atoms with Crippen LogP contribution in [0.15, 0.2) is 4.99 Å². The van der Waals surface area contributed by atoms with Gasteiger partial charge >= 0.3 is 0 Å². The minimum Gasteiger partial charge on any atom is -0.370 e. The second kappa shape index (κ2) is 32.6. The zero-order valence-corrected chi connectivity index (χ0v) is 44.8. The van der Waals surface area contributed by atoms with Gasteiger partial charge in [-0.1, -0.05) is 47.0 Å². The van der Waals surface area contributed by atoms with Gasteiger partial charge < -0.3 is 69.5 Å². The van der Waals surface area contributed by atoms with Gasteiger partial charge in [0.2, 0.25) is 65.0 Å². The van der Waals surface area contributed by atoms with E-state index in [0.29, 0.717) is 83.8 Å². The van der Waals surface area contributed by atoms with Crippen LogP contribution in [0.4, 0.5) is 0 Å². The van der Waals surface area contributed by atoms with Crippen molar-refractivity contribution in [2.24, 2.45) is 34.0 Å². The van der Waals surface area contributed by atoms with Crippen LogP contribution >= 0.6 is 0 Å². The number of unbranched alkanes of at least 4 members (excludes halogenated alkanes) is 4. The van der Waals surface area contributed by atoms with Crippen molar-refractivity contribution in [3.05, 3.63) is 0 Å². The van der Waals surface area contributed by atoms with Crippen LogP contribution in [0.3, 0.4) is 0 Å². The molecule has 0 saturated carbocycles. The predicted molar refractivity (Wildman–Crippen MR) is 275 cm³/mol. The number of amides is 11. The summed E-state index contributed by atoms with van der Waals surface area (Å²) < 4.78 is 0. The van der Waals surface area contributed by atoms with E-state index < -0.39 is 96.2 Å². The predicted octanol–water partition coefficient (Wildman–Crippen LogP) is -1.84. The first-order valence-electron chi connectivity index (χ1n) is 26.1. The van der Waals surface area contributed by atoms with Crippen LogP contribution in [0, 0.1) is 11.8 Å². The van der Waals surface area contributed by atoms with Crippen molar-refractivity contribution in [1.82, 2.24) is 52.3 Å². The Hall–Kier alpha value is -6.56. The summed E-state index contributed by atoms with van der Waals surface area (Å²) >= 11 is 0. The third kappa shape index (κ3) is 23.1. The summed E-state index contributed by atoms with van der Waals surface area (Å²) in [6.07, 6.45) is 7.25. The Balaban J connectivity index is 1.74. The lowest BCUT2D eigenvalue weighted by atomic mass is 10.0. The molecule has 2 rings (SSSR count). The van der Waals surface area contributed by atoms with E-state index in [1.54, 1.807) is 0 Å². The maximum absolute atomic E-state index is 13.4. The molecule has 0 spiro atoms. The lowest BCUT2D eigenvalue weighted by Crippen LogP contribution is -2.57. The third-order valence-electron chi connectivity index (χ3n) is 12.6. The maximum Gasteiger partial charge on any atom is 0.245 e. The van der Waals surface area contributed by atoms with Gasteiger partial charge in [-0.15, -0.1) is 0 Å². The van der Waals surface area contributed by atoms with Crippen molar-refractivity contribution >= 4 is 70.9 Å². The molecule has 2 heterocycles. The quantitative estimate of drug-likeness (QED) is 0.0201. The number of nitrogens with two attached hydrogens (primary N) is 3. The van der Waals surface area contributed by atoms with Gasteiger partial charge in [0.25, 0.3) is 0 Å². The van der Waals surface area contributed by atoms with Crippen molar-refractivity contribution in [1.29, 1.82) is 0 Å². The molecule has 0 radical (unpaired) electrons. The number of nitrogens with zero attached hydrogens (tertiary/aromatic N) is 3. The molecule has 0 aliphatic carbocycles. The topological polar surface area (TPSA) is 381 Å². The first-order valence-corrected chi connectivity index (χ1v) is 26.1. The second-order valence-electron chi connectivity index (χ2n) is 20.2. The number of rotatable bonds is 32. The van der Waals surface area contributed by atoms with E-state index in [-0.39, 0.29) is 54.4 Å². The average Bonchev–Trinajstić information content (AvgIpc) is 4.03. The van der Waals surface area contributed by atoms with Gasteiger partial charge in [-0.3, -0.25) is 57.7 Å². The zero-order valence-electron chi connectivity index (χ0n) is 44.8. The van der Waals surface area contributed by atoms with Gasteiger partial charge in [0.15, 0.2) is 5.96 Å². The molecule has 0 unspecified atom stereocenters. The van der Waals surface area contributed by atoms with Crippen LogP contribution in [0.5, 0.6) is 0 Å². The summed E-state index contributed by atoms with van der Waals surface area (Å²) in [6.45, 7) is 14.0. The van der Waals surface area contributed by atoms with Crippen LogP contribution < -0.4 is 59.7 Å². The van der Waals surface area contributed by atoms with Gasteiger partial charge in [0, 0.05) is 39.5 Å². The van der Waals surface area contributed by atoms with Crippen LogP contribution in [0.25, 0.3) is 0 Å². The minimum atomic E-state index is -1.14. The number of carbonyl (C=O) groups is 11. The molecule has 74 heavy (non-hydrogen) atoms. The molecule has 0 aromatic carbocycles. The lowest BCUT2D eigenvalue weighted by molar-refractivity contribution is -0.141. The van der Waals surface area contributed by atoms with Crippen LogP contribution in [0.1, 0.15) is 145 Å². The second-order valence-corrected chi connectivity index (χ2v) is 20.2. The number of likely N-dealkylation sites (tertiary alicyclic amines) is 2. The van der Waals surface area contributed by atoms with Gasteiger partial charge in [-0.25, -0.2) is 0 Å². The Morgan fingerprint density at radius 3 is 1.65 bits per heavy atom. The Morgan fingerprint density at radius 2 is 1.08 bits per heavy atom. The fourth-order valence-electron chi connectivity index (χ4n) is 8.68. The number of hydrogen-bond acceptors (Lipinski definition) is 12. The standard InChI is InChI=1S/C49H86N14O11/c1-28(2)25-35(41(50)67)61-47(73)38-19-15-23-62(38)40(66)27-55-42(68)30(5)56-43(69)31(6)57-44(70)32(7)58-45(71)36(26-29(3)4)60-39(65)20-12-10-9-11-13-21-53-46(72)37-18-16-24-63(37)48(74)34(59-33(8)64)17-14-22-54-49(51)52/h28-32,34-38H,9-27H2,1-8H3,(H2,50,67)(H,53,72)(H,55,68)(H,56,69)(H,57,70)(H,58,71)(H,59,64)(H,60,65)(H,61,73)(H4,51,52,54)/t30-,31-,32-,34-,35-,36-,37-,38-/m0/s1. The van der Waals surface area contributed by atoms with Crippen LogP contribution in [-0.2, 0) is 52.7 Å². The highest BCUT2D eigenvalue weighted by Crippen LogP contribution is 2.21. The highest BCUT2D eigenvalue weighted by Gasteiger charge is 2.38. The van der Waals surface area contributed by atoms with Gasteiger partial charge in [-0.05, 0) is 96.8 Å². The largest absolute Gasteiger partial charge is 0.370 e. The van der Waals surface area contributed by atoms with Gasteiger partial charge in [0.05, 0.1) is 6.54 Å². The fourth-order valence-corrected chi connectivity index (χ4v) is 8.68. The van der Waals surface area contributed by atoms with E-state index in [4.69, 9.17) is 17.2 Å². The average molecular weight is 1050 g/mol. The summed E-state index contributed by atoms with van der Waals surface area (Å²) in [5.74, 6) is -5.59. The molecule has 8 atom stereocenters. The molecular weight excluding hydrogens is 961 g/mol. The summed E-state index contributed by atoms with van der Waals surface area (Å²) in [5, 5.41) is 21.1. The van der Waals surface area contributed by atoms with E-state index in [1.165, 1.54) is 37.5 Å². The smallest absolute Gasteiger partial charge is 0.245 e. The normalized spacial score (nSPS) is 17.6. The van der Waals surface area contributed by atoms with Crippen molar-refractivity contribution in [3.8, 4) is 0 Å². The Bertz CT molecular complexity index is 1980. The Kier molecular flexibility index (Phi) is 28.0. The maximum atomic E-state index is 13.4. The number of primary amides is 1.